The molecule has 2 aromatic carbocycles. The molecule has 1 N–H and O–H groups in total. The Balaban J connectivity index is 1.48. The lowest BCUT2D eigenvalue weighted by Gasteiger charge is -2.20. The first-order valence-electron chi connectivity index (χ1n) is 9.22. The summed E-state index contributed by atoms with van der Waals surface area (Å²) in [6, 6.07) is 12.7. The van der Waals surface area contributed by atoms with Crippen molar-refractivity contribution in [2.45, 2.75) is 11.4 Å². The normalized spacial score (nSPS) is 12.5. The number of aromatic nitrogens is 1. The lowest BCUT2D eigenvalue weighted by Crippen LogP contribution is -2.28. The molecule has 160 valence electrons. The highest BCUT2D eigenvalue weighted by Crippen LogP contribution is 2.32. The maximum atomic E-state index is 13.1. The first-order valence-corrected chi connectivity index (χ1v) is 10.7. The van der Waals surface area contributed by atoms with Crippen LogP contribution in [0.15, 0.2) is 65.7 Å². The number of ether oxygens (including phenoxy) is 2. The van der Waals surface area contributed by atoms with E-state index in [1.165, 1.54) is 37.5 Å². The van der Waals surface area contributed by atoms with E-state index in [2.05, 4.69) is 10.3 Å². The number of carbonyl (C=O) groups is 1. The average molecular weight is 443 g/mol. The summed E-state index contributed by atoms with van der Waals surface area (Å²) in [4.78, 5) is 16.5. The third-order valence-corrected chi connectivity index (χ3v) is 6.50. The second-order valence-corrected chi connectivity index (χ2v) is 8.67. The fraction of sp³-hybridized carbons (Fsp3) is 0.143. The van der Waals surface area contributed by atoms with Gasteiger partial charge in [0.2, 0.25) is 6.79 Å². The summed E-state index contributed by atoms with van der Waals surface area (Å²) < 4.78 is 50.3. The summed E-state index contributed by atoms with van der Waals surface area (Å²) in [5.74, 6) is 0.258. The van der Waals surface area contributed by atoms with E-state index in [0.29, 0.717) is 11.5 Å². The number of hydrogen-bond acceptors (Lipinski definition) is 6. The Morgan fingerprint density at radius 2 is 1.84 bits per heavy atom. The van der Waals surface area contributed by atoms with Crippen LogP contribution in [0.3, 0.4) is 0 Å². The van der Waals surface area contributed by atoms with Crippen molar-refractivity contribution in [2.75, 3.05) is 18.1 Å². The van der Waals surface area contributed by atoms with Gasteiger partial charge in [-0.15, -0.1) is 0 Å². The Hall–Kier alpha value is -3.66. The molecule has 0 fully saturated rings. The fourth-order valence-corrected chi connectivity index (χ4v) is 4.15. The zero-order valence-electron chi connectivity index (χ0n) is 16.4. The molecule has 0 radical (unpaired) electrons. The van der Waals surface area contributed by atoms with Crippen LogP contribution in [0.25, 0.3) is 0 Å². The monoisotopic (exact) mass is 443 g/mol. The number of rotatable bonds is 6. The van der Waals surface area contributed by atoms with Crippen molar-refractivity contribution in [3.8, 4) is 11.5 Å². The first kappa shape index (κ1) is 20.6. The molecule has 0 saturated carbocycles. The summed E-state index contributed by atoms with van der Waals surface area (Å²) >= 11 is 0. The number of pyridine rings is 1. The number of amides is 1. The Bertz CT molecular complexity index is 1230. The average Bonchev–Trinajstić information content (AvgIpc) is 3.25. The topological polar surface area (TPSA) is 97.8 Å². The van der Waals surface area contributed by atoms with Crippen molar-refractivity contribution in [1.82, 2.24) is 10.3 Å². The molecule has 0 atom stereocenters. The molecule has 1 aliphatic rings. The molecule has 1 aromatic heterocycles. The smallest absolute Gasteiger partial charge is 0.270 e. The van der Waals surface area contributed by atoms with Crippen LogP contribution in [0.2, 0.25) is 0 Å². The number of hydrogen-bond donors (Lipinski definition) is 1. The van der Waals surface area contributed by atoms with Crippen LogP contribution in [-0.2, 0) is 16.6 Å². The number of benzene rings is 2. The van der Waals surface area contributed by atoms with Crippen LogP contribution in [0, 0.1) is 5.82 Å². The van der Waals surface area contributed by atoms with Crippen LogP contribution < -0.4 is 19.1 Å². The Morgan fingerprint density at radius 1 is 1.10 bits per heavy atom. The lowest BCUT2D eigenvalue weighted by molar-refractivity contribution is 0.0946. The fourth-order valence-electron chi connectivity index (χ4n) is 2.97. The molecule has 0 bridgehead atoms. The SMILES string of the molecule is CN(c1ccnc(C(=O)NCc2ccc3c(c2)OCO3)c1)S(=O)(=O)c1ccc(F)cc1. The Morgan fingerprint density at radius 3 is 2.61 bits per heavy atom. The molecule has 4 rings (SSSR count). The van der Waals surface area contributed by atoms with E-state index < -0.39 is 21.7 Å². The zero-order valence-corrected chi connectivity index (χ0v) is 17.2. The van der Waals surface area contributed by atoms with Crippen molar-refractivity contribution in [3.05, 3.63) is 77.9 Å². The number of anilines is 1. The van der Waals surface area contributed by atoms with Gasteiger partial charge in [0.05, 0.1) is 10.6 Å². The van der Waals surface area contributed by atoms with Gasteiger partial charge in [0.1, 0.15) is 11.5 Å². The van der Waals surface area contributed by atoms with E-state index in [1.807, 2.05) is 0 Å². The van der Waals surface area contributed by atoms with Crippen LogP contribution in [-0.4, -0.2) is 33.1 Å². The zero-order chi connectivity index (χ0) is 22.0. The van der Waals surface area contributed by atoms with E-state index in [1.54, 1.807) is 18.2 Å². The number of halogens is 1. The molecule has 8 nitrogen and oxygen atoms in total. The summed E-state index contributed by atoms with van der Waals surface area (Å²) in [7, 11) is -2.58. The number of sulfonamides is 1. The summed E-state index contributed by atoms with van der Waals surface area (Å²) in [5.41, 5.74) is 1.11. The maximum absolute atomic E-state index is 13.1. The van der Waals surface area contributed by atoms with Crippen molar-refractivity contribution >= 4 is 21.6 Å². The maximum Gasteiger partial charge on any atom is 0.270 e. The molecule has 2 heterocycles. The van der Waals surface area contributed by atoms with Gasteiger partial charge in [-0.3, -0.25) is 14.1 Å². The lowest BCUT2D eigenvalue weighted by atomic mass is 10.2. The van der Waals surface area contributed by atoms with Crippen molar-refractivity contribution < 1.29 is 27.1 Å². The standard InChI is InChI=1S/C21H18FN3O5S/c1-25(31(27,28)17-5-3-15(22)4-6-17)16-8-9-23-18(11-16)21(26)24-12-14-2-7-19-20(10-14)30-13-29-19/h2-11H,12-13H2,1H3,(H,24,26). The molecule has 0 saturated heterocycles. The van der Waals surface area contributed by atoms with E-state index >= 15 is 0 Å². The molecule has 0 spiro atoms. The van der Waals surface area contributed by atoms with Gasteiger partial charge >= 0.3 is 0 Å². The number of carbonyl (C=O) groups excluding carboxylic acids is 1. The number of nitrogens with one attached hydrogen (secondary N) is 1. The molecule has 3 aromatic rings. The number of fused-ring (bicyclic) bond motifs is 1. The molecule has 0 aliphatic carbocycles. The largest absolute Gasteiger partial charge is 0.454 e. The van der Waals surface area contributed by atoms with Crippen molar-refractivity contribution in [2.24, 2.45) is 0 Å². The highest BCUT2D eigenvalue weighted by atomic mass is 32.2. The van der Waals surface area contributed by atoms with Crippen molar-refractivity contribution in [3.63, 3.8) is 0 Å². The summed E-state index contributed by atoms with van der Waals surface area (Å²) in [6.07, 6.45) is 1.35. The second kappa shape index (κ2) is 8.23. The minimum Gasteiger partial charge on any atom is -0.454 e. The predicted octanol–water partition coefficient (Wildman–Crippen LogP) is 2.70. The van der Waals surface area contributed by atoms with Gasteiger partial charge in [0.15, 0.2) is 11.5 Å². The quantitative estimate of drug-likeness (QED) is 0.629. The predicted molar refractivity (Wildman–Crippen MR) is 110 cm³/mol. The Labute approximate surface area is 178 Å². The van der Waals surface area contributed by atoms with Gasteiger partial charge in [-0.25, -0.2) is 12.8 Å². The highest BCUT2D eigenvalue weighted by molar-refractivity contribution is 7.92. The van der Waals surface area contributed by atoms with Crippen LogP contribution in [0.4, 0.5) is 10.1 Å². The van der Waals surface area contributed by atoms with Gasteiger partial charge in [0, 0.05) is 19.8 Å². The van der Waals surface area contributed by atoms with E-state index in [4.69, 9.17) is 9.47 Å². The van der Waals surface area contributed by atoms with Crippen molar-refractivity contribution in [1.29, 1.82) is 0 Å². The minimum atomic E-state index is -3.93. The van der Waals surface area contributed by atoms with E-state index in [0.717, 1.165) is 22.0 Å². The third kappa shape index (κ3) is 4.29. The molecular formula is C21H18FN3O5S. The van der Waals surface area contributed by atoms with Crippen LogP contribution in [0.1, 0.15) is 16.1 Å². The molecule has 1 amide bonds. The third-order valence-electron chi connectivity index (χ3n) is 4.70. The molecule has 31 heavy (non-hydrogen) atoms. The summed E-state index contributed by atoms with van der Waals surface area (Å²) in [6.45, 7) is 0.390. The van der Waals surface area contributed by atoms with Gasteiger partial charge in [-0.05, 0) is 54.1 Å². The molecule has 1 aliphatic heterocycles. The molecule has 10 heteroatoms. The number of nitrogens with zero attached hydrogens (tertiary/aromatic N) is 2. The minimum absolute atomic E-state index is 0.0550. The molecule has 0 unspecified atom stereocenters. The summed E-state index contributed by atoms with van der Waals surface area (Å²) in [5, 5.41) is 2.74. The van der Waals surface area contributed by atoms with E-state index in [9.17, 15) is 17.6 Å². The van der Waals surface area contributed by atoms with Gasteiger partial charge in [0.25, 0.3) is 15.9 Å². The highest BCUT2D eigenvalue weighted by Gasteiger charge is 2.22. The van der Waals surface area contributed by atoms with Gasteiger partial charge in [-0.2, -0.15) is 0 Å². The Kier molecular flexibility index (Phi) is 5.47. The molecular weight excluding hydrogens is 425 g/mol. The first-order chi connectivity index (χ1) is 14.8. The van der Waals surface area contributed by atoms with E-state index in [-0.39, 0.29) is 29.6 Å². The van der Waals surface area contributed by atoms with Crippen LogP contribution >= 0.6 is 0 Å². The van der Waals surface area contributed by atoms with Crippen LogP contribution in [0.5, 0.6) is 11.5 Å². The second-order valence-electron chi connectivity index (χ2n) is 6.70. The van der Waals surface area contributed by atoms with Gasteiger partial charge < -0.3 is 14.8 Å². The van der Waals surface area contributed by atoms with Gasteiger partial charge in [-0.1, -0.05) is 6.07 Å².